The Hall–Kier alpha value is -2.43. The highest BCUT2D eigenvalue weighted by atomic mass is 19.1. The fourth-order valence-corrected chi connectivity index (χ4v) is 1.91. The van der Waals surface area contributed by atoms with Crippen molar-refractivity contribution in [1.82, 2.24) is 9.88 Å². The second kappa shape index (κ2) is 6.14. The minimum absolute atomic E-state index is 0.0371. The monoisotopic (exact) mass is 274 g/mol. The summed E-state index contributed by atoms with van der Waals surface area (Å²) in [5.74, 6) is -0.482. The molecular weight excluding hydrogens is 259 g/mol. The molecular formula is C15H15FN2O2. The van der Waals surface area contributed by atoms with Crippen molar-refractivity contribution in [3.63, 3.8) is 0 Å². The number of pyridine rings is 1. The summed E-state index contributed by atoms with van der Waals surface area (Å²) >= 11 is 0. The molecule has 0 fully saturated rings. The molecule has 5 heteroatoms. The normalized spacial score (nSPS) is 10.2. The molecule has 0 aliphatic carbocycles. The molecule has 1 aromatic heterocycles. The molecule has 1 amide bonds. The molecule has 104 valence electrons. The van der Waals surface area contributed by atoms with Crippen LogP contribution in [0.2, 0.25) is 0 Å². The van der Waals surface area contributed by atoms with Gasteiger partial charge in [-0.25, -0.2) is 4.98 Å². The number of amides is 1. The number of ether oxygens (including phenoxy) is 1. The highest BCUT2D eigenvalue weighted by molar-refractivity contribution is 5.93. The van der Waals surface area contributed by atoms with Crippen LogP contribution in [0.5, 0.6) is 5.75 Å². The fraction of sp³-hybridized carbons (Fsp3) is 0.200. The van der Waals surface area contributed by atoms with Gasteiger partial charge in [-0.05, 0) is 18.2 Å². The van der Waals surface area contributed by atoms with Gasteiger partial charge in [0.25, 0.3) is 5.91 Å². The molecule has 20 heavy (non-hydrogen) atoms. The van der Waals surface area contributed by atoms with Crippen LogP contribution in [-0.2, 0) is 6.54 Å². The molecule has 1 aromatic carbocycles. The number of nitrogens with zero attached hydrogens (tertiary/aromatic N) is 2. The van der Waals surface area contributed by atoms with Crippen LogP contribution < -0.4 is 4.74 Å². The zero-order valence-electron chi connectivity index (χ0n) is 11.3. The predicted octanol–water partition coefficient (Wildman–Crippen LogP) is 2.50. The van der Waals surface area contributed by atoms with Crippen LogP contribution in [0.15, 0.2) is 42.6 Å². The first-order valence-corrected chi connectivity index (χ1v) is 6.11. The van der Waals surface area contributed by atoms with E-state index in [1.807, 2.05) is 24.3 Å². The molecule has 2 aromatic rings. The average molecular weight is 274 g/mol. The predicted molar refractivity (Wildman–Crippen MR) is 73.0 cm³/mol. The maximum Gasteiger partial charge on any atom is 0.258 e. The van der Waals surface area contributed by atoms with Gasteiger partial charge in [-0.1, -0.05) is 18.2 Å². The van der Waals surface area contributed by atoms with Crippen LogP contribution in [0.4, 0.5) is 4.39 Å². The number of para-hydroxylation sites is 1. The van der Waals surface area contributed by atoms with Crippen LogP contribution >= 0.6 is 0 Å². The quantitative estimate of drug-likeness (QED) is 0.804. The Bertz CT molecular complexity index is 616. The summed E-state index contributed by atoms with van der Waals surface area (Å²) in [7, 11) is 3.18. The lowest BCUT2D eigenvalue weighted by molar-refractivity contribution is 0.0778. The van der Waals surface area contributed by atoms with Gasteiger partial charge in [-0.3, -0.25) is 4.79 Å². The van der Waals surface area contributed by atoms with Crippen molar-refractivity contribution in [3.05, 3.63) is 59.7 Å². The first-order chi connectivity index (χ1) is 9.63. The van der Waals surface area contributed by atoms with Crippen LogP contribution in [0.3, 0.4) is 0 Å². The maximum absolute atomic E-state index is 13.5. The van der Waals surface area contributed by atoms with E-state index in [2.05, 4.69) is 4.98 Å². The molecule has 1 heterocycles. The van der Waals surface area contributed by atoms with Crippen molar-refractivity contribution in [3.8, 4) is 5.75 Å². The number of methoxy groups -OCH3 is 1. The van der Waals surface area contributed by atoms with Gasteiger partial charge in [-0.2, -0.15) is 4.39 Å². The molecule has 0 aliphatic heterocycles. The molecule has 0 saturated heterocycles. The van der Waals surface area contributed by atoms with Gasteiger partial charge >= 0.3 is 0 Å². The van der Waals surface area contributed by atoms with Crippen LogP contribution in [0.1, 0.15) is 15.9 Å². The van der Waals surface area contributed by atoms with E-state index in [0.29, 0.717) is 12.3 Å². The van der Waals surface area contributed by atoms with Gasteiger partial charge in [0, 0.05) is 25.4 Å². The Morgan fingerprint density at radius 2 is 2.05 bits per heavy atom. The molecule has 4 nitrogen and oxygen atoms in total. The van der Waals surface area contributed by atoms with E-state index in [1.165, 1.54) is 23.2 Å². The second-order valence-corrected chi connectivity index (χ2v) is 4.31. The van der Waals surface area contributed by atoms with Crippen LogP contribution in [-0.4, -0.2) is 29.9 Å². The SMILES string of the molecule is COc1ccccc1CN(C)C(=O)c1cccnc1F. The lowest BCUT2D eigenvalue weighted by Gasteiger charge is -2.18. The number of benzene rings is 1. The second-order valence-electron chi connectivity index (χ2n) is 4.31. The maximum atomic E-state index is 13.5. The summed E-state index contributed by atoms with van der Waals surface area (Å²) in [6.07, 6.45) is 1.31. The third-order valence-corrected chi connectivity index (χ3v) is 2.94. The van der Waals surface area contributed by atoms with E-state index in [0.717, 1.165) is 5.56 Å². The number of hydrogen-bond donors (Lipinski definition) is 0. The van der Waals surface area contributed by atoms with E-state index in [-0.39, 0.29) is 5.56 Å². The molecule has 0 bridgehead atoms. The molecule has 0 atom stereocenters. The van der Waals surface area contributed by atoms with E-state index in [9.17, 15) is 9.18 Å². The van der Waals surface area contributed by atoms with E-state index < -0.39 is 11.9 Å². The summed E-state index contributed by atoms with van der Waals surface area (Å²) in [6.45, 7) is 0.331. The molecule has 2 rings (SSSR count). The Labute approximate surface area is 116 Å². The Morgan fingerprint density at radius 3 is 2.75 bits per heavy atom. The van der Waals surface area contributed by atoms with Crippen molar-refractivity contribution >= 4 is 5.91 Å². The number of carbonyl (C=O) groups excluding carboxylic acids is 1. The zero-order valence-corrected chi connectivity index (χ0v) is 11.3. The summed E-state index contributed by atoms with van der Waals surface area (Å²) < 4.78 is 18.7. The Balaban J connectivity index is 2.18. The topological polar surface area (TPSA) is 42.4 Å². The van der Waals surface area contributed by atoms with Gasteiger partial charge in [0.2, 0.25) is 5.95 Å². The zero-order chi connectivity index (χ0) is 14.5. The largest absolute Gasteiger partial charge is 0.496 e. The smallest absolute Gasteiger partial charge is 0.258 e. The minimum atomic E-state index is -0.760. The summed E-state index contributed by atoms with van der Waals surface area (Å²) in [6, 6.07) is 10.4. The van der Waals surface area contributed by atoms with Crippen LogP contribution in [0, 0.1) is 5.95 Å². The van der Waals surface area contributed by atoms with Crippen molar-refractivity contribution in [2.75, 3.05) is 14.2 Å². The number of carbonyl (C=O) groups is 1. The molecule has 0 saturated carbocycles. The highest BCUT2D eigenvalue weighted by Gasteiger charge is 2.17. The number of aromatic nitrogens is 1. The first kappa shape index (κ1) is 14.0. The van der Waals surface area contributed by atoms with Gasteiger partial charge in [-0.15, -0.1) is 0 Å². The molecule has 0 aliphatic rings. The van der Waals surface area contributed by atoms with Gasteiger partial charge in [0.1, 0.15) is 5.75 Å². The first-order valence-electron chi connectivity index (χ1n) is 6.11. The van der Waals surface area contributed by atoms with Gasteiger partial charge in [0.15, 0.2) is 0 Å². The van der Waals surface area contributed by atoms with Crippen LogP contribution in [0.25, 0.3) is 0 Å². The Kier molecular flexibility index (Phi) is 4.30. The molecule has 0 unspecified atom stereocenters. The number of hydrogen-bond acceptors (Lipinski definition) is 3. The standard InChI is InChI=1S/C15H15FN2O2/c1-18(10-11-6-3-4-8-13(11)20-2)15(19)12-7-5-9-17-14(12)16/h3-9H,10H2,1-2H3. The fourth-order valence-electron chi connectivity index (χ4n) is 1.91. The molecule has 0 N–H and O–H groups in total. The summed E-state index contributed by atoms with van der Waals surface area (Å²) in [5.41, 5.74) is 0.819. The summed E-state index contributed by atoms with van der Waals surface area (Å²) in [5, 5.41) is 0. The number of halogens is 1. The average Bonchev–Trinajstić information content (AvgIpc) is 2.47. The lowest BCUT2D eigenvalue weighted by Crippen LogP contribution is -2.27. The third-order valence-electron chi connectivity index (χ3n) is 2.94. The molecule has 0 spiro atoms. The van der Waals surface area contributed by atoms with Crippen molar-refractivity contribution in [2.24, 2.45) is 0 Å². The highest BCUT2D eigenvalue weighted by Crippen LogP contribution is 2.19. The Morgan fingerprint density at radius 1 is 1.30 bits per heavy atom. The minimum Gasteiger partial charge on any atom is -0.496 e. The number of rotatable bonds is 4. The van der Waals surface area contributed by atoms with Crippen molar-refractivity contribution in [2.45, 2.75) is 6.54 Å². The van der Waals surface area contributed by atoms with Crippen molar-refractivity contribution < 1.29 is 13.9 Å². The molecule has 0 radical (unpaired) electrons. The van der Waals surface area contributed by atoms with Crippen molar-refractivity contribution in [1.29, 1.82) is 0 Å². The lowest BCUT2D eigenvalue weighted by atomic mass is 10.1. The van der Waals surface area contributed by atoms with E-state index in [4.69, 9.17) is 4.74 Å². The van der Waals surface area contributed by atoms with Gasteiger partial charge in [0.05, 0.1) is 12.7 Å². The third kappa shape index (κ3) is 2.93. The van der Waals surface area contributed by atoms with E-state index >= 15 is 0 Å². The van der Waals surface area contributed by atoms with Gasteiger partial charge < -0.3 is 9.64 Å². The summed E-state index contributed by atoms with van der Waals surface area (Å²) in [4.78, 5) is 17.1. The van der Waals surface area contributed by atoms with E-state index in [1.54, 1.807) is 14.2 Å².